The molecule has 0 aromatic heterocycles. The normalized spacial score (nSPS) is 11.1. The number of amides is 2. The van der Waals surface area contributed by atoms with Gasteiger partial charge in [0, 0.05) is 16.3 Å². The lowest BCUT2D eigenvalue weighted by molar-refractivity contribution is -0.274. The summed E-state index contributed by atoms with van der Waals surface area (Å²) in [7, 11) is 1.61. The predicted molar refractivity (Wildman–Crippen MR) is 115 cm³/mol. The highest BCUT2D eigenvalue weighted by Crippen LogP contribution is 2.27. The summed E-state index contributed by atoms with van der Waals surface area (Å²) in [6.45, 7) is 3.57. The molecule has 31 heavy (non-hydrogen) atoms. The number of hydrogen-bond donors (Lipinski definition) is 2. The van der Waals surface area contributed by atoms with Crippen LogP contribution in [0, 0.1) is 0 Å². The summed E-state index contributed by atoms with van der Waals surface area (Å²) in [6.07, 6.45) is -3.01. The second-order valence-corrected chi connectivity index (χ2v) is 7.50. The van der Waals surface area contributed by atoms with E-state index < -0.39 is 12.3 Å². The summed E-state index contributed by atoms with van der Waals surface area (Å²) < 4.78 is 40.3. The van der Waals surface area contributed by atoms with Crippen molar-refractivity contribution in [3.05, 3.63) is 61.2 Å². The Balaban J connectivity index is 1.82. The van der Waals surface area contributed by atoms with Crippen LogP contribution in [0.5, 0.6) is 5.75 Å². The molecule has 0 aliphatic heterocycles. The first-order chi connectivity index (χ1) is 14.7. The molecular formula is C21H22F3N3O3S. The van der Waals surface area contributed by atoms with Gasteiger partial charge in [-0.25, -0.2) is 0 Å². The van der Waals surface area contributed by atoms with Gasteiger partial charge in [-0.2, -0.15) is 0 Å². The van der Waals surface area contributed by atoms with Crippen LogP contribution in [-0.4, -0.2) is 49.0 Å². The van der Waals surface area contributed by atoms with Crippen molar-refractivity contribution < 1.29 is 27.5 Å². The largest absolute Gasteiger partial charge is 0.573 e. The minimum absolute atomic E-state index is 0.0216. The molecule has 0 fully saturated rings. The van der Waals surface area contributed by atoms with Crippen LogP contribution in [0.4, 0.5) is 24.5 Å². The molecule has 2 amide bonds. The zero-order valence-electron chi connectivity index (χ0n) is 16.7. The second kappa shape index (κ2) is 11.4. The van der Waals surface area contributed by atoms with Crippen molar-refractivity contribution in [2.75, 3.05) is 36.5 Å². The van der Waals surface area contributed by atoms with Crippen molar-refractivity contribution in [3.8, 4) is 5.75 Å². The first kappa shape index (κ1) is 24.3. The second-order valence-electron chi connectivity index (χ2n) is 6.44. The lowest BCUT2D eigenvalue weighted by atomic mass is 10.3. The van der Waals surface area contributed by atoms with E-state index in [0.29, 0.717) is 17.1 Å². The zero-order chi connectivity index (χ0) is 22.9. The number of rotatable bonds is 10. The van der Waals surface area contributed by atoms with Crippen LogP contribution < -0.4 is 15.4 Å². The topological polar surface area (TPSA) is 70.7 Å². The van der Waals surface area contributed by atoms with E-state index in [1.165, 1.54) is 17.0 Å². The van der Waals surface area contributed by atoms with Crippen LogP contribution >= 0.6 is 11.8 Å². The molecule has 2 aromatic carbocycles. The number of nitrogens with zero attached hydrogens (tertiary/aromatic N) is 1. The van der Waals surface area contributed by atoms with Crippen molar-refractivity contribution in [1.29, 1.82) is 0 Å². The maximum atomic E-state index is 12.3. The SMILES string of the molecule is C=CCSc1ccccc1NC(=O)CN(C)CC(=O)Nc1ccc(OC(F)(F)F)cc1. The van der Waals surface area contributed by atoms with Crippen LogP contribution in [0.15, 0.2) is 66.1 Å². The molecule has 0 saturated carbocycles. The Hall–Kier alpha value is -2.98. The number of alkyl halides is 3. The number of nitrogens with one attached hydrogen (secondary N) is 2. The van der Waals surface area contributed by atoms with Crippen molar-refractivity contribution in [1.82, 2.24) is 4.90 Å². The molecule has 6 nitrogen and oxygen atoms in total. The maximum absolute atomic E-state index is 12.3. The average Bonchev–Trinajstić information content (AvgIpc) is 2.67. The highest BCUT2D eigenvalue weighted by Gasteiger charge is 2.30. The maximum Gasteiger partial charge on any atom is 0.573 e. The average molecular weight is 453 g/mol. The molecule has 0 aliphatic rings. The number of benzene rings is 2. The number of para-hydroxylation sites is 1. The van der Waals surface area contributed by atoms with E-state index >= 15 is 0 Å². The van der Waals surface area contributed by atoms with E-state index in [-0.39, 0.29) is 24.7 Å². The number of hydrogen-bond acceptors (Lipinski definition) is 5. The first-order valence-corrected chi connectivity index (χ1v) is 10.1. The van der Waals surface area contributed by atoms with Gasteiger partial charge in [0.05, 0.1) is 18.8 Å². The van der Waals surface area contributed by atoms with Crippen LogP contribution in [0.2, 0.25) is 0 Å². The van der Waals surface area contributed by atoms with E-state index in [4.69, 9.17) is 0 Å². The van der Waals surface area contributed by atoms with Crippen molar-refractivity contribution in [2.45, 2.75) is 11.3 Å². The number of carbonyl (C=O) groups excluding carboxylic acids is 2. The summed E-state index contributed by atoms with van der Waals surface area (Å²) in [4.78, 5) is 26.9. The molecule has 166 valence electrons. The van der Waals surface area contributed by atoms with Crippen molar-refractivity contribution in [2.24, 2.45) is 0 Å². The monoisotopic (exact) mass is 453 g/mol. The predicted octanol–water partition coefficient (Wildman–Crippen LogP) is 4.37. The number of halogens is 3. The quantitative estimate of drug-likeness (QED) is 0.413. The fourth-order valence-electron chi connectivity index (χ4n) is 2.52. The fourth-order valence-corrected chi connectivity index (χ4v) is 3.27. The van der Waals surface area contributed by atoms with Gasteiger partial charge < -0.3 is 15.4 Å². The first-order valence-electron chi connectivity index (χ1n) is 9.13. The minimum atomic E-state index is -4.78. The molecule has 2 rings (SSSR count). The van der Waals surface area contributed by atoms with Gasteiger partial charge in [0.1, 0.15) is 5.75 Å². The number of ether oxygens (including phenoxy) is 1. The molecule has 0 spiro atoms. The molecule has 0 atom stereocenters. The summed E-state index contributed by atoms with van der Waals surface area (Å²) >= 11 is 1.54. The Morgan fingerprint density at radius 1 is 1.06 bits per heavy atom. The Morgan fingerprint density at radius 2 is 1.68 bits per heavy atom. The van der Waals surface area contributed by atoms with E-state index in [2.05, 4.69) is 21.9 Å². The summed E-state index contributed by atoms with van der Waals surface area (Å²) in [5, 5.41) is 5.38. The lowest BCUT2D eigenvalue weighted by Gasteiger charge is -2.17. The molecule has 0 bridgehead atoms. The molecule has 0 unspecified atom stereocenters. The lowest BCUT2D eigenvalue weighted by Crippen LogP contribution is -2.36. The van der Waals surface area contributed by atoms with Crippen molar-refractivity contribution in [3.63, 3.8) is 0 Å². The van der Waals surface area contributed by atoms with E-state index in [1.54, 1.807) is 31.0 Å². The molecule has 10 heteroatoms. The van der Waals surface area contributed by atoms with Crippen molar-refractivity contribution >= 4 is 35.0 Å². The molecule has 2 aromatic rings. The molecule has 0 heterocycles. The van der Waals surface area contributed by atoms with Gasteiger partial charge in [0.15, 0.2) is 0 Å². The third-order valence-electron chi connectivity index (χ3n) is 3.72. The van der Waals surface area contributed by atoms with Crippen LogP contribution in [-0.2, 0) is 9.59 Å². The number of thioether (sulfide) groups is 1. The van der Waals surface area contributed by atoms with Gasteiger partial charge in [-0.05, 0) is 43.4 Å². The highest BCUT2D eigenvalue weighted by molar-refractivity contribution is 7.99. The van der Waals surface area contributed by atoms with E-state index in [1.807, 2.05) is 18.2 Å². The molecular weight excluding hydrogens is 431 g/mol. The molecule has 0 saturated heterocycles. The van der Waals surface area contributed by atoms with Gasteiger partial charge >= 0.3 is 6.36 Å². The van der Waals surface area contributed by atoms with Gasteiger partial charge in [-0.15, -0.1) is 31.5 Å². The van der Waals surface area contributed by atoms with Crippen LogP contribution in [0.1, 0.15) is 0 Å². The van der Waals surface area contributed by atoms with E-state index in [9.17, 15) is 22.8 Å². The highest BCUT2D eigenvalue weighted by atomic mass is 32.2. The third-order valence-corrected chi connectivity index (χ3v) is 4.79. The number of anilines is 2. The molecule has 0 aliphatic carbocycles. The summed E-state index contributed by atoms with van der Waals surface area (Å²) in [5.74, 6) is -0.376. The van der Waals surface area contributed by atoms with Gasteiger partial charge in [0.2, 0.25) is 11.8 Å². The Bertz CT molecular complexity index is 905. The number of carbonyl (C=O) groups is 2. The Labute approximate surface area is 182 Å². The fraction of sp³-hybridized carbons (Fsp3) is 0.238. The summed E-state index contributed by atoms with van der Waals surface area (Å²) in [6, 6.07) is 12.2. The van der Waals surface area contributed by atoms with E-state index in [0.717, 1.165) is 17.0 Å². The Kier molecular flexibility index (Phi) is 8.95. The van der Waals surface area contributed by atoms with Gasteiger partial charge in [-0.1, -0.05) is 18.2 Å². The standard InChI is InChI=1S/C21H22F3N3O3S/c1-3-12-31-18-7-5-4-6-17(18)26-20(29)14-27(2)13-19(28)25-15-8-10-16(11-9-15)30-21(22,23)24/h3-11H,1,12-14H2,2H3,(H,25,28)(H,26,29). The summed E-state index contributed by atoms with van der Waals surface area (Å²) in [5.41, 5.74) is 0.990. The zero-order valence-corrected chi connectivity index (χ0v) is 17.6. The van der Waals surface area contributed by atoms with Crippen LogP contribution in [0.3, 0.4) is 0 Å². The van der Waals surface area contributed by atoms with Crippen LogP contribution in [0.25, 0.3) is 0 Å². The Morgan fingerprint density at radius 3 is 2.29 bits per heavy atom. The van der Waals surface area contributed by atoms with Gasteiger partial charge in [-0.3, -0.25) is 14.5 Å². The molecule has 2 N–H and O–H groups in total. The third kappa shape index (κ3) is 9.14. The smallest absolute Gasteiger partial charge is 0.406 e. The number of likely N-dealkylation sites (N-methyl/N-ethyl adjacent to an activating group) is 1. The molecule has 0 radical (unpaired) electrons. The minimum Gasteiger partial charge on any atom is -0.406 e. The van der Waals surface area contributed by atoms with Gasteiger partial charge in [0.25, 0.3) is 0 Å².